The van der Waals surface area contributed by atoms with Gasteiger partial charge in [-0.25, -0.2) is 0 Å². The molecule has 2 aliphatic rings. The summed E-state index contributed by atoms with van der Waals surface area (Å²) in [7, 11) is 2.63. The summed E-state index contributed by atoms with van der Waals surface area (Å²) in [6.45, 7) is 0. The minimum atomic E-state index is -0.815. The molecule has 2 fully saturated rings. The highest BCUT2D eigenvalue weighted by atomic mass is 16.5. The zero-order valence-electron chi connectivity index (χ0n) is 12.5. The molecule has 8 heteroatoms. The van der Waals surface area contributed by atoms with Crippen molar-refractivity contribution in [1.82, 2.24) is 0 Å². The number of ether oxygens (including phenoxy) is 2. The summed E-state index contributed by atoms with van der Waals surface area (Å²) < 4.78 is 8.90. The van der Waals surface area contributed by atoms with Crippen molar-refractivity contribution in [2.75, 3.05) is 14.2 Å². The van der Waals surface area contributed by atoms with Crippen LogP contribution in [-0.2, 0) is 28.7 Å². The SMILES string of the molecule is COC(=O)C1CC(C(=O)O)C1.COC(=O)C1CC(C(=O)O)C1. The van der Waals surface area contributed by atoms with E-state index in [4.69, 9.17) is 10.2 Å². The van der Waals surface area contributed by atoms with E-state index in [1.54, 1.807) is 0 Å². The highest BCUT2D eigenvalue weighted by Gasteiger charge is 2.40. The molecule has 0 atom stereocenters. The van der Waals surface area contributed by atoms with Gasteiger partial charge in [0.25, 0.3) is 0 Å². The summed E-state index contributed by atoms with van der Waals surface area (Å²) in [6.07, 6.45) is 1.73. The van der Waals surface area contributed by atoms with E-state index in [-0.39, 0.29) is 35.6 Å². The summed E-state index contributed by atoms with van der Waals surface area (Å²) >= 11 is 0. The molecule has 0 unspecified atom stereocenters. The molecule has 22 heavy (non-hydrogen) atoms. The Morgan fingerprint density at radius 1 is 0.682 bits per heavy atom. The zero-order chi connectivity index (χ0) is 16.9. The van der Waals surface area contributed by atoms with Crippen molar-refractivity contribution in [1.29, 1.82) is 0 Å². The third-order valence-corrected chi connectivity index (χ3v) is 4.04. The van der Waals surface area contributed by atoms with Crippen LogP contribution in [0.2, 0.25) is 0 Å². The standard InChI is InChI=1S/2C7H10O4/c2*1-11-7(10)5-2-4(3-5)6(8)9/h2*4-5H,2-3H2,1H3,(H,8,9). The number of carbonyl (C=O) groups is 4. The van der Waals surface area contributed by atoms with E-state index in [0.717, 1.165) is 0 Å². The number of methoxy groups -OCH3 is 2. The minimum Gasteiger partial charge on any atom is -0.481 e. The van der Waals surface area contributed by atoms with Crippen LogP contribution in [0, 0.1) is 23.7 Å². The number of carboxylic acids is 2. The predicted molar refractivity (Wildman–Crippen MR) is 71.7 cm³/mol. The van der Waals surface area contributed by atoms with E-state index in [0.29, 0.717) is 25.7 Å². The minimum absolute atomic E-state index is 0.180. The van der Waals surface area contributed by atoms with Crippen LogP contribution < -0.4 is 0 Å². The number of hydrogen-bond acceptors (Lipinski definition) is 6. The molecule has 2 aliphatic carbocycles. The van der Waals surface area contributed by atoms with Crippen molar-refractivity contribution in [2.24, 2.45) is 23.7 Å². The van der Waals surface area contributed by atoms with Gasteiger partial charge in [0.05, 0.1) is 37.9 Å². The summed E-state index contributed by atoms with van der Waals surface area (Å²) in [6, 6.07) is 0. The Morgan fingerprint density at radius 3 is 1.14 bits per heavy atom. The highest BCUT2D eigenvalue weighted by Crippen LogP contribution is 2.35. The second-order valence-electron chi connectivity index (χ2n) is 5.45. The molecule has 0 saturated heterocycles. The predicted octanol–water partition coefficient (Wildman–Crippen LogP) is 0.540. The first-order valence-corrected chi connectivity index (χ1v) is 6.91. The molecular weight excluding hydrogens is 296 g/mol. The Hall–Kier alpha value is -2.12. The maximum Gasteiger partial charge on any atom is 0.308 e. The average Bonchev–Trinajstić information content (AvgIpc) is 2.34. The third kappa shape index (κ3) is 4.44. The summed E-state index contributed by atoms with van der Waals surface area (Å²) in [4.78, 5) is 42.1. The Kier molecular flexibility index (Phi) is 6.33. The maximum absolute atomic E-state index is 10.7. The van der Waals surface area contributed by atoms with Crippen LogP contribution in [0.5, 0.6) is 0 Å². The van der Waals surface area contributed by atoms with Gasteiger partial charge in [-0.3, -0.25) is 19.2 Å². The largest absolute Gasteiger partial charge is 0.481 e. The molecule has 8 nitrogen and oxygen atoms in total. The molecule has 0 aromatic rings. The van der Waals surface area contributed by atoms with Gasteiger partial charge >= 0.3 is 23.9 Å². The molecule has 2 N–H and O–H groups in total. The van der Waals surface area contributed by atoms with Gasteiger partial charge in [-0.15, -0.1) is 0 Å². The number of aliphatic carboxylic acids is 2. The second-order valence-corrected chi connectivity index (χ2v) is 5.45. The molecule has 0 spiro atoms. The van der Waals surface area contributed by atoms with E-state index in [2.05, 4.69) is 9.47 Å². The first-order chi connectivity index (χ1) is 10.3. The number of carbonyl (C=O) groups excluding carboxylic acids is 2. The van der Waals surface area contributed by atoms with Gasteiger partial charge in [0.1, 0.15) is 0 Å². The van der Waals surface area contributed by atoms with Gasteiger partial charge in [0, 0.05) is 0 Å². The van der Waals surface area contributed by atoms with Crippen molar-refractivity contribution in [3.05, 3.63) is 0 Å². The van der Waals surface area contributed by atoms with Gasteiger partial charge in [-0.1, -0.05) is 0 Å². The molecule has 0 amide bonds. The first kappa shape index (κ1) is 17.9. The lowest BCUT2D eigenvalue weighted by molar-refractivity contribution is -0.158. The van der Waals surface area contributed by atoms with E-state index in [9.17, 15) is 19.2 Å². The van der Waals surface area contributed by atoms with E-state index >= 15 is 0 Å². The van der Waals surface area contributed by atoms with E-state index in [1.807, 2.05) is 0 Å². The molecule has 0 bridgehead atoms. The third-order valence-electron chi connectivity index (χ3n) is 4.04. The second kappa shape index (κ2) is 7.77. The fourth-order valence-electron chi connectivity index (χ4n) is 2.36. The lowest BCUT2D eigenvalue weighted by atomic mass is 9.75. The Bertz CT molecular complexity index is 404. The highest BCUT2D eigenvalue weighted by molar-refractivity contribution is 5.79. The Labute approximate surface area is 127 Å². The molecule has 124 valence electrons. The fourth-order valence-corrected chi connectivity index (χ4v) is 2.36. The Balaban J connectivity index is 0.000000220. The summed E-state index contributed by atoms with van der Waals surface area (Å²) in [5.41, 5.74) is 0. The van der Waals surface area contributed by atoms with Gasteiger partial charge in [0.15, 0.2) is 0 Å². The monoisotopic (exact) mass is 316 g/mol. The van der Waals surface area contributed by atoms with Crippen LogP contribution in [0.15, 0.2) is 0 Å². The summed E-state index contributed by atoms with van der Waals surface area (Å²) in [5.74, 6) is -3.24. The van der Waals surface area contributed by atoms with E-state index < -0.39 is 11.9 Å². The molecule has 0 radical (unpaired) electrons. The zero-order valence-corrected chi connectivity index (χ0v) is 12.5. The van der Waals surface area contributed by atoms with Crippen LogP contribution in [0.4, 0.5) is 0 Å². The van der Waals surface area contributed by atoms with Crippen molar-refractivity contribution in [2.45, 2.75) is 25.7 Å². The normalized spacial score (nSPS) is 28.8. The number of rotatable bonds is 4. The quantitative estimate of drug-likeness (QED) is 0.719. The van der Waals surface area contributed by atoms with Crippen LogP contribution in [0.3, 0.4) is 0 Å². The molecular formula is C14H20O8. The van der Waals surface area contributed by atoms with Crippen LogP contribution in [0.25, 0.3) is 0 Å². The van der Waals surface area contributed by atoms with Gasteiger partial charge < -0.3 is 19.7 Å². The lowest BCUT2D eigenvalue weighted by Crippen LogP contribution is -2.35. The van der Waals surface area contributed by atoms with Gasteiger partial charge in [-0.05, 0) is 25.7 Å². The lowest BCUT2D eigenvalue weighted by Gasteiger charge is -2.29. The van der Waals surface area contributed by atoms with Crippen LogP contribution >= 0.6 is 0 Å². The van der Waals surface area contributed by atoms with Crippen LogP contribution in [-0.4, -0.2) is 48.3 Å². The maximum atomic E-state index is 10.7. The topological polar surface area (TPSA) is 127 Å². The smallest absolute Gasteiger partial charge is 0.308 e. The fraction of sp³-hybridized carbons (Fsp3) is 0.714. The first-order valence-electron chi connectivity index (χ1n) is 6.91. The van der Waals surface area contributed by atoms with Gasteiger partial charge in [-0.2, -0.15) is 0 Å². The van der Waals surface area contributed by atoms with Crippen molar-refractivity contribution >= 4 is 23.9 Å². The van der Waals surface area contributed by atoms with Crippen molar-refractivity contribution in [3.63, 3.8) is 0 Å². The van der Waals surface area contributed by atoms with Crippen molar-refractivity contribution < 1.29 is 38.9 Å². The Morgan fingerprint density at radius 2 is 0.955 bits per heavy atom. The average molecular weight is 316 g/mol. The molecule has 2 saturated carbocycles. The number of hydrogen-bond donors (Lipinski definition) is 2. The van der Waals surface area contributed by atoms with Crippen LogP contribution in [0.1, 0.15) is 25.7 Å². The molecule has 0 aliphatic heterocycles. The molecule has 0 heterocycles. The molecule has 0 aromatic heterocycles. The number of carboxylic acid groups (broad SMARTS) is 2. The summed E-state index contributed by atoms with van der Waals surface area (Å²) in [5, 5.41) is 16.9. The molecule has 2 rings (SSSR count). The van der Waals surface area contributed by atoms with E-state index in [1.165, 1.54) is 14.2 Å². The molecule has 0 aromatic carbocycles. The van der Waals surface area contributed by atoms with Gasteiger partial charge in [0.2, 0.25) is 0 Å². The number of esters is 2. The van der Waals surface area contributed by atoms with Crippen molar-refractivity contribution in [3.8, 4) is 0 Å².